The molecule has 0 radical (unpaired) electrons. The Morgan fingerprint density at radius 2 is 2.00 bits per heavy atom. The molecule has 0 saturated heterocycles. The zero-order valence-corrected chi connectivity index (χ0v) is 14.1. The summed E-state index contributed by atoms with van der Waals surface area (Å²) in [4.78, 5) is 22.3. The molecule has 1 aliphatic heterocycles. The predicted octanol–water partition coefficient (Wildman–Crippen LogP) is 2.62. The van der Waals surface area contributed by atoms with Gasteiger partial charge in [-0.2, -0.15) is 0 Å². The van der Waals surface area contributed by atoms with E-state index >= 15 is 0 Å². The number of ether oxygens (including phenoxy) is 3. The van der Waals surface area contributed by atoms with E-state index in [1.54, 1.807) is 6.07 Å². The van der Waals surface area contributed by atoms with Crippen molar-refractivity contribution < 1.29 is 23.9 Å². The number of carbonyl (C=O) groups is 1. The third kappa shape index (κ3) is 4.21. The van der Waals surface area contributed by atoms with Crippen molar-refractivity contribution in [2.75, 3.05) is 19.8 Å². The van der Waals surface area contributed by atoms with Gasteiger partial charge in [-0.25, -0.2) is 0 Å². The van der Waals surface area contributed by atoms with Crippen LogP contribution in [0.3, 0.4) is 0 Å². The molecule has 0 aromatic heterocycles. The Morgan fingerprint density at radius 3 is 2.77 bits per heavy atom. The standard InChI is InChI=1S/C18H18N2O6/c1-12(13-5-6-16-17(9-13)25-8-7-24-16)19-18(21)11-26-15-4-2-3-14(10-15)20(22)23/h2-6,9-10,12H,7-8,11H2,1H3,(H,19,21)/t12-/m0/s1. The largest absolute Gasteiger partial charge is 0.486 e. The zero-order valence-electron chi connectivity index (χ0n) is 14.1. The molecule has 2 aromatic carbocycles. The van der Waals surface area contributed by atoms with Crippen molar-refractivity contribution in [1.29, 1.82) is 0 Å². The maximum Gasteiger partial charge on any atom is 0.273 e. The van der Waals surface area contributed by atoms with Crippen molar-refractivity contribution in [2.45, 2.75) is 13.0 Å². The predicted molar refractivity (Wildman–Crippen MR) is 92.6 cm³/mol. The Labute approximate surface area is 149 Å². The minimum Gasteiger partial charge on any atom is -0.486 e. The average Bonchev–Trinajstić information content (AvgIpc) is 2.66. The van der Waals surface area contributed by atoms with Crippen LogP contribution in [-0.4, -0.2) is 30.7 Å². The van der Waals surface area contributed by atoms with Crippen LogP contribution in [-0.2, 0) is 4.79 Å². The number of hydrogen-bond acceptors (Lipinski definition) is 6. The van der Waals surface area contributed by atoms with Gasteiger partial charge in [-0.1, -0.05) is 12.1 Å². The molecule has 0 fully saturated rings. The number of hydrogen-bond donors (Lipinski definition) is 1. The van der Waals surface area contributed by atoms with Gasteiger partial charge >= 0.3 is 0 Å². The van der Waals surface area contributed by atoms with Gasteiger partial charge in [0.1, 0.15) is 19.0 Å². The van der Waals surface area contributed by atoms with Crippen molar-refractivity contribution >= 4 is 11.6 Å². The lowest BCUT2D eigenvalue weighted by molar-refractivity contribution is -0.384. The van der Waals surface area contributed by atoms with Crippen molar-refractivity contribution in [3.8, 4) is 17.2 Å². The molecule has 1 N–H and O–H groups in total. The van der Waals surface area contributed by atoms with Gasteiger partial charge in [0.15, 0.2) is 18.1 Å². The average molecular weight is 358 g/mol. The van der Waals surface area contributed by atoms with Crippen LogP contribution in [0.5, 0.6) is 17.2 Å². The van der Waals surface area contributed by atoms with E-state index in [0.29, 0.717) is 24.7 Å². The molecule has 0 bridgehead atoms. The van der Waals surface area contributed by atoms with E-state index in [-0.39, 0.29) is 30.0 Å². The molecule has 8 heteroatoms. The van der Waals surface area contributed by atoms with Crippen LogP contribution in [0.25, 0.3) is 0 Å². The van der Waals surface area contributed by atoms with E-state index in [1.165, 1.54) is 18.2 Å². The molecule has 26 heavy (non-hydrogen) atoms. The molecule has 0 saturated carbocycles. The Kier molecular flexibility index (Phi) is 5.21. The molecule has 0 spiro atoms. The molecule has 0 unspecified atom stereocenters. The van der Waals surface area contributed by atoms with Crippen LogP contribution < -0.4 is 19.5 Å². The van der Waals surface area contributed by atoms with Crippen molar-refractivity contribution in [3.05, 3.63) is 58.1 Å². The molecule has 1 amide bonds. The number of amides is 1. The van der Waals surface area contributed by atoms with E-state index in [4.69, 9.17) is 14.2 Å². The summed E-state index contributed by atoms with van der Waals surface area (Å²) in [6, 6.07) is 10.9. The van der Waals surface area contributed by atoms with E-state index in [0.717, 1.165) is 5.56 Å². The minimum atomic E-state index is -0.517. The van der Waals surface area contributed by atoms with E-state index in [1.807, 2.05) is 25.1 Å². The van der Waals surface area contributed by atoms with Crippen LogP contribution in [0.15, 0.2) is 42.5 Å². The number of rotatable bonds is 6. The third-order valence-electron chi connectivity index (χ3n) is 3.84. The van der Waals surface area contributed by atoms with Gasteiger partial charge in [0, 0.05) is 6.07 Å². The van der Waals surface area contributed by atoms with E-state index < -0.39 is 4.92 Å². The summed E-state index contributed by atoms with van der Waals surface area (Å²) in [6.45, 7) is 2.62. The monoisotopic (exact) mass is 358 g/mol. The van der Waals surface area contributed by atoms with Crippen molar-refractivity contribution in [1.82, 2.24) is 5.32 Å². The van der Waals surface area contributed by atoms with Gasteiger partial charge in [0.2, 0.25) is 0 Å². The summed E-state index contributed by atoms with van der Waals surface area (Å²) >= 11 is 0. The van der Waals surface area contributed by atoms with Crippen molar-refractivity contribution in [2.24, 2.45) is 0 Å². The van der Waals surface area contributed by atoms with Crippen LogP contribution in [0.4, 0.5) is 5.69 Å². The fraction of sp³-hybridized carbons (Fsp3) is 0.278. The van der Waals surface area contributed by atoms with Crippen molar-refractivity contribution in [3.63, 3.8) is 0 Å². The first-order valence-corrected chi connectivity index (χ1v) is 8.09. The SMILES string of the molecule is C[C@H](NC(=O)COc1cccc([N+](=O)[O-])c1)c1ccc2c(c1)OCCO2. The summed E-state index contributed by atoms with van der Waals surface area (Å²) in [5, 5.41) is 13.6. The highest BCUT2D eigenvalue weighted by molar-refractivity contribution is 5.78. The molecule has 1 heterocycles. The summed E-state index contributed by atoms with van der Waals surface area (Å²) in [5.74, 6) is 1.27. The van der Waals surface area contributed by atoms with Gasteiger partial charge in [0.25, 0.3) is 11.6 Å². The third-order valence-corrected chi connectivity index (χ3v) is 3.84. The molecule has 0 aliphatic carbocycles. The molecule has 3 rings (SSSR count). The molecule has 1 aliphatic rings. The summed E-state index contributed by atoms with van der Waals surface area (Å²) in [7, 11) is 0. The zero-order chi connectivity index (χ0) is 18.5. The summed E-state index contributed by atoms with van der Waals surface area (Å²) < 4.78 is 16.3. The molecule has 2 aromatic rings. The Bertz CT molecular complexity index is 823. The minimum absolute atomic E-state index is 0.0902. The highest BCUT2D eigenvalue weighted by Crippen LogP contribution is 2.32. The summed E-state index contributed by atoms with van der Waals surface area (Å²) in [6.07, 6.45) is 0. The Morgan fingerprint density at radius 1 is 1.23 bits per heavy atom. The van der Waals surface area contributed by atoms with Gasteiger partial charge < -0.3 is 19.5 Å². The molecule has 8 nitrogen and oxygen atoms in total. The lowest BCUT2D eigenvalue weighted by atomic mass is 10.1. The quantitative estimate of drug-likeness (QED) is 0.629. The number of benzene rings is 2. The van der Waals surface area contributed by atoms with Gasteiger partial charge in [-0.3, -0.25) is 14.9 Å². The first kappa shape index (κ1) is 17.5. The maximum atomic E-state index is 12.1. The maximum absolute atomic E-state index is 12.1. The number of nitrogens with zero attached hydrogens (tertiary/aromatic N) is 1. The lowest BCUT2D eigenvalue weighted by Crippen LogP contribution is -2.31. The highest BCUT2D eigenvalue weighted by Gasteiger charge is 2.16. The van der Waals surface area contributed by atoms with Gasteiger partial charge in [0.05, 0.1) is 17.0 Å². The second kappa shape index (κ2) is 7.73. The van der Waals surface area contributed by atoms with Gasteiger partial charge in [-0.05, 0) is 30.7 Å². The first-order valence-electron chi connectivity index (χ1n) is 8.09. The summed E-state index contributed by atoms with van der Waals surface area (Å²) in [5.41, 5.74) is 0.783. The number of nitro benzene ring substituents is 1. The second-order valence-electron chi connectivity index (χ2n) is 5.74. The number of non-ortho nitro benzene ring substituents is 1. The van der Waals surface area contributed by atoms with Crippen LogP contribution in [0.2, 0.25) is 0 Å². The number of carbonyl (C=O) groups excluding carboxylic acids is 1. The second-order valence-corrected chi connectivity index (χ2v) is 5.74. The number of nitrogens with one attached hydrogen (secondary N) is 1. The van der Waals surface area contributed by atoms with Crippen LogP contribution in [0.1, 0.15) is 18.5 Å². The molecule has 1 atom stereocenters. The lowest BCUT2D eigenvalue weighted by Gasteiger charge is -2.21. The molecule has 136 valence electrons. The Hall–Kier alpha value is -3.29. The normalized spacial score (nSPS) is 13.6. The van der Waals surface area contributed by atoms with Crippen LogP contribution in [0, 0.1) is 10.1 Å². The van der Waals surface area contributed by atoms with Crippen LogP contribution >= 0.6 is 0 Å². The molecular weight excluding hydrogens is 340 g/mol. The number of fused-ring (bicyclic) bond motifs is 1. The van der Waals surface area contributed by atoms with E-state index in [2.05, 4.69) is 5.32 Å². The number of nitro groups is 1. The van der Waals surface area contributed by atoms with Gasteiger partial charge in [-0.15, -0.1) is 0 Å². The first-order chi connectivity index (χ1) is 12.5. The Balaban J connectivity index is 1.56. The fourth-order valence-electron chi connectivity index (χ4n) is 2.53. The fourth-order valence-corrected chi connectivity index (χ4v) is 2.53. The van der Waals surface area contributed by atoms with E-state index in [9.17, 15) is 14.9 Å². The topological polar surface area (TPSA) is 99.9 Å². The molecular formula is C18H18N2O6. The highest BCUT2D eigenvalue weighted by atomic mass is 16.6. The smallest absolute Gasteiger partial charge is 0.273 e.